The minimum absolute atomic E-state index is 0.0944. The number of aromatic nitrogens is 5. The number of ether oxygens (including phenoxy) is 1. The Bertz CT molecular complexity index is 658. The molecule has 0 aromatic carbocycles. The third-order valence-corrected chi connectivity index (χ3v) is 2.92. The number of nitrogens with zero attached hydrogens (tertiary/aromatic N) is 5. The van der Waals surface area contributed by atoms with E-state index < -0.39 is 12.0 Å². The zero-order chi connectivity index (χ0) is 17.7. The summed E-state index contributed by atoms with van der Waals surface area (Å²) < 4.78 is 42.6. The predicted octanol–water partition coefficient (Wildman–Crippen LogP) is 1.84. The SMILES string of the molecule is CCC(COc1cnc(C(F)(F)F)nc1)Nc1nc(C)nc(N)n1. The van der Waals surface area contributed by atoms with Crippen LogP contribution in [0.25, 0.3) is 0 Å². The van der Waals surface area contributed by atoms with Crippen molar-refractivity contribution in [2.75, 3.05) is 17.7 Å². The number of rotatable bonds is 6. The van der Waals surface area contributed by atoms with Crippen molar-refractivity contribution >= 4 is 11.9 Å². The highest BCUT2D eigenvalue weighted by molar-refractivity contribution is 5.32. The molecule has 0 aliphatic carbocycles. The lowest BCUT2D eigenvalue weighted by molar-refractivity contribution is -0.145. The molecular weight excluding hydrogens is 327 g/mol. The van der Waals surface area contributed by atoms with Gasteiger partial charge in [0.15, 0.2) is 5.75 Å². The fourth-order valence-electron chi connectivity index (χ4n) is 1.75. The highest BCUT2D eigenvalue weighted by Crippen LogP contribution is 2.26. The van der Waals surface area contributed by atoms with E-state index in [2.05, 4.69) is 30.2 Å². The van der Waals surface area contributed by atoms with Crippen LogP contribution < -0.4 is 15.8 Å². The van der Waals surface area contributed by atoms with E-state index in [9.17, 15) is 13.2 Å². The molecule has 130 valence electrons. The van der Waals surface area contributed by atoms with Gasteiger partial charge in [0.1, 0.15) is 12.4 Å². The third-order valence-electron chi connectivity index (χ3n) is 2.92. The fraction of sp³-hybridized carbons (Fsp3) is 0.462. The van der Waals surface area contributed by atoms with Crippen LogP contribution >= 0.6 is 0 Å². The first-order valence-corrected chi connectivity index (χ1v) is 7.04. The Kier molecular flexibility index (Phi) is 5.31. The quantitative estimate of drug-likeness (QED) is 0.817. The number of nitrogens with one attached hydrogen (secondary N) is 1. The van der Waals surface area contributed by atoms with Gasteiger partial charge in [-0.25, -0.2) is 9.97 Å². The van der Waals surface area contributed by atoms with Crippen molar-refractivity contribution in [2.24, 2.45) is 0 Å². The van der Waals surface area contributed by atoms with Crippen LogP contribution in [-0.2, 0) is 6.18 Å². The molecule has 0 fully saturated rings. The van der Waals surface area contributed by atoms with Gasteiger partial charge in [0.05, 0.1) is 18.4 Å². The van der Waals surface area contributed by atoms with E-state index in [0.717, 1.165) is 12.4 Å². The molecule has 0 saturated heterocycles. The number of anilines is 2. The van der Waals surface area contributed by atoms with Crippen LogP contribution in [0.1, 0.15) is 25.0 Å². The van der Waals surface area contributed by atoms with Gasteiger partial charge < -0.3 is 15.8 Å². The molecule has 24 heavy (non-hydrogen) atoms. The minimum Gasteiger partial charge on any atom is -0.488 e. The number of aryl methyl sites for hydroxylation is 1. The second-order valence-corrected chi connectivity index (χ2v) is 4.87. The number of nitrogens with two attached hydrogens (primary N) is 1. The first-order valence-electron chi connectivity index (χ1n) is 7.04. The molecule has 1 unspecified atom stereocenters. The Labute approximate surface area is 135 Å². The van der Waals surface area contributed by atoms with Gasteiger partial charge in [-0.1, -0.05) is 6.92 Å². The molecule has 2 rings (SSSR count). The standard InChI is InChI=1S/C13H16F3N7O/c1-3-8(22-12-21-7(2)20-11(17)23-12)6-24-9-4-18-10(19-5-9)13(14,15)16/h4-5,8H,3,6H2,1-2H3,(H3,17,20,21,22,23). The van der Waals surface area contributed by atoms with Crippen LogP contribution in [0.5, 0.6) is 5.75 Å². The molecule has 2 heterocycles. The van der Waals surface area contributed by atoms with E-state index in [4.69, 9.17) is 10.5 Å². The average molecular weight is 343 g/mol. The summed E-state index contributed by atoms with van der Waals surface area (Å²) in [5.74, 6) is -0.210. The molecule has 8 nitrogen and oxygen atoms in total. The van der Waals surface area contributed by atoms with Crippen molar-refractivity contribution in [2.45, 2.75) is 32.5 Å². The number of hydrogen-bond acceptors (Lipinski definition) is 8. The summed E-state index contributed by atoms with van der Waals surface area (Å²) in [4.78, 5) is 18.4. The van der Waals surface area contributed by atoms with E-state index >= 15 is 0 Å². The van der Waals surface area contributed by atoms with Crippen LogP contribution in [0.3, 0.4) is 0 Å². The maximum absolute atomic E-state index is 12.4. The lowest BCUT2D eigenvalue weighted by Crippen LogP contribution is -2.28. The van der Waals surface area contributed by atoms with Gasteiger partial charge in [-0.15, -0.1) is 0 Å². The Morgan fingerprint density at radius 2 is 1.88 bits per heavy atom. The van der Waals surface area contributed by atoms with E-state index in [1.807, 2.05) is 6.92 Å². The first-order chi connectivity index (χ1) is 11.3. The summed E-state index contributed by atoms with van der Waals surface area (Å²) in [6.45, 7) is 3.75. The summed E-state index contributed by atoms with van der Waals surface area (Å²) in [5, 5.41) is 3.03. The second kappa shape index (κ2) is 7.23. The molecule has 0 aliphatic rings. The maximum Gasteiger partial charge on any atom is 0.451 e. The van der Waals surface area contributed by atoms with Crippen LogP contribution in [-0.4, -0.2) is 37.6 Å². The Hall–Kier alpha value is -2.72. The van der Waals surface area contributed by atoms with Gasteiger partial charge in [0.2, 0.25) is 17.7 Å². The molecule has 0 aliphatic heterocycles. The summed E-state index contributed by atoms with van der Waals surface area (Å²) in [5.41, 5.74) is 5.55. The Morgan fingerprint density at radius 1 is 1.21 bits per heavy atom. The second-order valence-electron chi connectivity index (χ2n) is 4.87. The molecule has 0 radical (unpaired) electrons. The van der Waals surface area contributed by atoms with E-state index in [-0.39, 0.29) is 24.3 Å². The number of hydrogen-bond donors (Lipinski definition) is 2. The van der Waals surface area contributed by atoms with Crippen LogP contribution in [0.4, 0.5) is 25.1 Å². The normalized spacial score (nSPS) is 12.7. The van der Waals surface area contributed by atoms with Gasteiger partial charge in [0.25, 0.3) is 0 Å². The smallest absolute Gasteiger partial charge is 0.451 e. The van der Waals surface area contributed by atoms with E-state index in [1.54, 1.807) is 6.92 Å². The summed E-state index contributed by atoms with van der Waals surface area (Å²) >= 11 is 0. The topological polar surface area (TPSA) is 112 Å². The molecular formula is C13H16F3N7O. The number of halogens is 3. The highest BCUT2D eigenvalue weighted by atomic mass is 19.4. The van der Waals surface area contributed by atoms with Crippen molar-refractivity contribution in [3.63, 3.8) is 0 Å². The largest absolute Gasteiger partial charge is 0.488 e. The number of nitrogen functional groups attached to an aromatic ring is 1. The van der Waals surface area contributed by atoms with E-state index in [1.165, 1.54) is 0 Å². The van der Waals surface area contributed by atoms with Gasteiger partial charge >= 0.3 is 6.18 Å². The first kappa shape index (κ1) is 17.6. The zero-order valence-electron chi connectivity index (χ0n) is 13.0. The van der Waals surface area contributed by atoms with E-state index in [0.29, 0.717) is 18.2 Å². The molecule has 2 aromatic rings. The Morgan fingerprint density at radius 3 is 2.42 bits per heavy atom. The van der Waals surface area contributed by atoms with Crippen LogP contribution in [0, 0.1) is 6.92 Å². The van der Waals surface area contributed by atoms with Crippen molar-refractivity contribution in [3.05, 3.63) is 24.0 Å². The van der Waals surface area contributed by atoms with Crippen LogP contribution in [0.2, 0.25) is 0 Å². The van der Waals surface area contributed by atoms with Gasteiger partial charge in [-0.2, -0.15) is 28.1 Å². The molecule has 0 spiro atoms. The third kappa shape index (κ3) is 4.89. The lowest BCUT2D eigenvalue weighted by atomic mass is 10.2. The maximum atomic E-state index is 12.4. The molecule has 0 bridgehead atoms. The highest BCUT2D eigenvalue weighted by Gasteiger charge is 2.34. The molecule has 0 amide bonds. The van der Waals surface area contributed by atoms with Crippen molar-refractivity contribution in [1.82, 2.24) is 24.9 Å². The molecule has 11 heteroatoms. The van der Waals surface area contributed by atoms with Crippen LogP contribution in [0.15, 0.2) is 12.4 Å². The molecule has 2 aromatic heterocycles. The van der Waals surface area contributed by atoms with Crippen molar-refractivity contribution in [1.29, 1.82) is 0 Å². The summed E-state index contributed by atoms with van der Waals surface area (Å²) in [6, 6.07) is -0.187. The molecule has 0 saturated carbocycles. The molecule has 3 N–H and O–H groups in total. The minimum atomic E-state index is -4.58. The van der Waals surface area contributed by atoms with Gasteiger partial charge in [-0.05, 0) is 13.3 Å². The number of alkyl halides is 3. The summed E-state index contributed by atoms with van der Waals surface area (Å²) in [6.07, 6.45) is -1.96. The van der Waals surface area contributed by atoms with Gasteiger partial charge in [0, 0.05) is 0 Å². The van der Waals surface area contributed by atoms with Crippen molar-refractivity contribution < 1.29 is 17.9 Å². The molecule has 1 atom stereocenters. The zero-order valence-corrected chi connectivity index (χ0v) is 13.0. The monoisotopic (exact) mass is 343 g/mol. The van der Waals surface area contributed by atoms with Gasteiger partial charge in [-0.3, -0.25) is 0 Å². The Balaban J connectivity index is 1.96. The average Bonchev–Trinajstić information content (AvgIpc) is 2.50. The van der Waals surface area contributed by atoms with Crippen molar-refractivity contribution in [3.8, 4) is 5.75 Å². The fourth-order valence-corrected chi connectivity index (χ4v) is 1.75. The summed E-state index contributed by atoms with van der Waals surface area (Å²) in [7, 11) is 0. The lowest BCUT2D eigenvalue weighted by Gasteiger charge is -2.17. The predicted molar refractivity (Wildman–Crippen MR) is 79.2 cm³/mol.